The van der Waals surface area contributed by atoms with Gasteiger partial charge in [0, 0.05) is 0 Å². The minimum absolute atomic E-state index is 0.162. The molecule has 0 heterocycles. The molecule has 0 radical (unpaired) electrons. The van der Waals surface area contributed by atoms with Crippen LogP contribution in [0.2, 0.25) is 0 Å². The summed E-state index contributed by atoms with van der Waals surface area (Å²) in [5.74, 6) is -0.143. The number of aliphatic imine (C=N–C) groups is 1. The number of amides is 1. The third-order valence-corrected chi connectivity index (χ3v) is 3.16. The average Bonchev–Trinajstić information content (AvgIpc) is 2.93. The zero-order valence-corrected chi connectivity index (χ0v) is 9.18. The Labute approximate surface area is 94.4 Å². The maximum absolute atomic E-state index is 11.8. The van der Waals surface area contributed by atoms with E-state index in [2.05, 4.69) is 4.99 Å². The fraction of sp³-hybridized carbons (Fsp3) is 0.333. The molecule has 1 saturated carbocycles. The number of nitrogens with zero attached hydrogens (tertiary/aromatic N) is 1. The molecule has 1 aliphatic carbocycles. The van der Waals surface area contributed by atoms with Gasteiger partial charge in [0.1, 0.15) is 0 Å². The van der Waals surface area contributed by atoms with E-state index in [9.17, 15) is 4.79 Å². The molecule has 1 aromatic carbocycles. The molecule has 2 rings (SSSR count). The van der Waals surface area contributed by atoms with Gasteiger partial charge in [-0.2, -0.15) is 4.99 Å². The predicted octanol–water partition coefficient (Wildman–Crippen LogP) is 0.980. The summed E-state index contributed by atoms with van der Waals surface area (Å²) in [6, 6.07) is 9.96. The van der Waals surface area contributed by atoms with Crippen LogP contribution in [0.1, 0.15) is 24.8 Å². The quantitative estimate of drug-likeness (QED) is 0.572. The molecule has 0 bridgehead atoms. The first-order valence-corrected chi connectivity index (χ1v) is 5.23. The fourth-order valence-corrected chi connectivity index (χ4v) is 2.02. The summed E-state index contributed by atoms with van der Waals surface area (Å²) in [5, 5.41) is 0. The third-order valence-electron chi connectivity index (χ3n) is 3.16. The number of rotatable bonds is 2. The van der Waals surface area contributed by atoms with Gasteiger partial charge in [0.2, 0.25) is 0 Å². The van der Waals surface area contributed by atoms with Gasteiger partial charge in [-0.1, -0.05) is 37.3 Å². The minimum atomic E-state index is -0.425. The summed E-state index contributed by atoms with van der Waals surface area (Å²) < 4.78 is 0. The van der Waals surface area contributed by atoms with Crippen LogP contribution >= 0.6 is 0 Å². The highest BCUT2D eigenvalue weighted by Gasteiger charge is 2.56. The highest BCUT2D eigenvalue weighted by Crippen LogP contribution is 2.59. The molecule has 2 atom stereocenters. The molecule has 4 heteroatoms. The zero-order chi connectivity index (χ0) is 11.8. The Morgan fingerprint density at radius 2 is 2.00 bits per heavy atom. The normalized spacial score (nSPS) is 27.2. The Bertz CT molecular complexity index is 437. The Hall–Kier alpha value is -1.84. The first kappa shape index (κ1) is 10.7. The molecule has 16 heavy (non-hydrogen) atoms. The molecule has 4 N–H and O–H groups in total. The Morgan fingerprint density at radius 1 is 1.38 bits per heavy atom. The van der Waals surface area contributed by atoms with Crippen molar-refractivity contribution in [2.24, 2.45) is 21.9 Å². The number of carbonyl (C=O) groups is 1. The highest BCUT2D eigenvalue weighted by molar-refractivity contribution is 5.96. The lowest BCUT2D eigenvalue weighted by Crippen LogP contribution is -2.26. The smallest absolute Gasteiger partial charge is 0.255 e. The SMILES string of the molecule is CC1(C(=O)N=C(N)N)CC1c1ccccc1. The topological polar surface area (TPSA) is 81.5 Å². The molecule has 2 unspecified atom stereocenters. The second kappa shape index (κ2) is 3.63. The van der Waals surface area contributed by atoms with Gasteiger partial charge in [-0.05, 0) is 17.9 Å². The molecule has 1 aliphatic rings. The lowest BCUT2D eigenvalue weighted by molar-refractivity contribution is -0.122. The van der Waals surface area contributed by atoms with Crippen LogP contribution in [0.25, 0.3) is 0 Å². The van der Waals surface area contributed by atoms with Crippen molar-refractivity contribution in [3.63, 3.8) is 0 Å². The van der Waals surface area contributed by atoms with Gasteiger partial charge in [0.05, 0.1) is 5.41 Å². The second-order valence-electron chi connectivity index (χ2n) is 4.43. The molecule has 0 aliphatic heterocycles. The second-order valence-corrected chi connectivity index (χ2v) is 4.43. The van der Waals surface area contributed by atoms with Crippen LogP contribution in [-0.4, -0.2) is 11.9 Å². The van der Waals surface area contributed by atoms with Crippen LogP contribution in [0, 0.1) is 5.41 Å². The molecular weight excluding hydrogens is 202 g/mol. The van der Waals surface area contributed by atoms with Crippen LogP contribution in [-0.2, 0) is 4.79 Å². The van der Waals surface area contributed by atoms with E-state index >= 15 is 0 Å². The van der Waals surface area contributed by atoms with Crippen LogP contribution in [0.3, 0.4) is 0 Å². The van der Waals surface area contributed by atoms with E-state index in [1.807, 2.05) is 37.3 Å². The first-order valence-electron chi connectivity index (χ1n) is 5.23. The van der Waals surface area contributed by atoms with Crippen molar-refractivity contribution in [3.8, 4) is 0 Å². The number of hydrogen-bond donors (Lipinski definition) is 2. The van der Waals surface area contributed by atoms with Crippen molar-refractivity contribution >= 4 is 11.9 Å². The molecule has 84 valence electrons. The van der Waals surface area contributed by atoms with Crippen molar-refractivity contribution in [2.45, 2.75) is 19.3 Å². The maximum Gasteiger partial charge on any atom is 0.255 e. The summed E-state index contributed by atoms with van der Waals surface area (Å²) in [6.45, 7) is 1.90. The third kappa shape index (κ3) is 1.78. The van der Waals surface area contributed by atoms with Crippen molar-refractivity contribution in [1.82, 2.24) is 0 Å². The Morgan fingerprint density at radius 3 is 2.56 bits per heavy atom. The number of guanidine groups is 1. The lowest BCUT2D eigenvalue weighted by Gasteiger charge is -2.06. The molecule has 0 spiro atoms. The van der Waals surface area contributed by atoms with Gasteiger partial charge in [0.15, 0.2) is 5.96 Å². The van der Waals surface area contributed by atoms with Crippen molar-refractivity contribution in [1.29, 1.82) is 0 Å². The minimum Gasteiger partial charge on any atom is -0.370 e. The lowest BCUT2D eigenvalue weighted by atomic mass is 10.0. The van der Waals surface area contributed by atoms with E-state index in [0.29, 0.717) is 0 Å². The molecule has 0 aromatic heterocycles. The van der Waals surface area contributed by atoms with Gasteiger partial charge < -0.3 is 11.5 Å². The highest BCUT2D eigenvalue weighted by atomic mass is 16.2. The molecule has 1 fully saturated rings. The predicted molar refractivity (Wildman–Crippen MR) is 62.7 cm³/mol. The van der Waals surface area contributed by atoms with E-state index in [-0.39, 0.29) is 17.8 Å². The summed E-state index contributed by atoms with van der Waals surface area (Å²) in [4.78, 5) is 15.4. The summed E-state index contributed by atoms with van der Waals surface area (Å²) in [7, 11) is 0. The van der Waals surface area contributed by atoms with Gasteiger partial charge >= 0.3 is 0 Å². The molecule has 1 amide bonds. The van der Waals surface area contributed by atoms with Crippen molar-refractivity contribution in [3.05, 3.63) is 35.9 Å². The number of nitrogens with two attached hydrogens (primary N) is 2. The van der Waals surface area contributed by atoms with Gasteiger partial charge in [-0.25, -0.2) is 0 Å². The Balaban J connectivity index is 2.16. The molecule has 0 saturated heterocycles. The standard InChI is InChI=1S/C12H15N3O/c1-12(10(16)15-11(13)14)7-9(12)8-5-3-2-4-6-8/h2-6,9H,7H2,1H3,(H4,13,14,15,16). The van der Waals surface area contributed by atoms with Gasteiger partial charge in [0.25, 0.3) is 5.91 Å². The number of benzene rings is 1. The van der Waals surface area contributed by atoms with Crippen LogP contribution in [0.4, 0.5) is 0 Å². The summed E-state index contributed by atoms with van der Waals surface area (Å²) in [6.07, 6.45) is 0.812. The van der Waals surface area contributed by atoms with Crippen molar-refractivity contribution in [2.75, 3.05) is 0 Å². The largest absolute Gasteiger partial charge is 0.370 e. The summed E-state index contributed by atoms with van der Waals surface area (Å²) >= 11 is 0. The molecule has 1 aromatic rings. The van der Waals surface area contributed by atoms with E-state index in [4.69, 9.17) is 11.5 Å². The number of hydrogen-bond acceptors (Lipinski definition) is 1. The Kier molecular flexibility index (Phi) is 2.42. The van der Waals surface area contributed by atoms with Crippen molar-refractivity contribution < 1.29 is 4.79 Å². The maximum atomic E-state index is 11.8. The van der Waals surface area contributed by atoms with E-state index in [1.54, 1.807) is 0 Å². The van der Waals surface area contributed by atoms with E-state index < -0.39 is 5.41 Å². The van der Waals surface area contributed by atoms with Crippen LogP contribution < -0.4 is 11.5 Å². The van der Waals surface area contributed by atoms with Gasteiger partial charge in [-0.15, -0.1) is 0 Å². The molecular formula is C12H15N3O. The van der Waals surface area contributed by atoms with Crippen LogP contribution in [0.5, 0.6) is 0 Å². The fourth-order valence-electron chi connectivity index (χ4n) is 2.02. The number of carbonyl (C=O) groups excluding carboxylic acids is 1. The monoisotopic (exact) mass is 217 g/mol. The molecule has 4 nitrogen and oxygen atoms in total. The zero-order valence-electron chi connectivity index (χ0n) is 9.18. The van der Waals surface area contributed by atoms with E-state index in [0.717, 1.165) is 6.42 Å². The first-order chi connectivity index (χ1) is 7.54. The van der Waals surface area contributed by atoms with Gasteiger partial charge in [-0.3, -0.25) is 4.79 Å². The average molecular weight is 217 g/mol. The summed E-state index contributed by atoms with van der Waals surface area (Å²) in [5.41, 5.74) is 11.2. The van der Waals surface area contributed by atoms with E-state index in [1.165, 1.54) is 5.56 Å². The van der Waals surface area contributed by atoms with Crippen LogP contribution in [0.15, 0.2) is 35.3 Å².